The molecule has 0 unspecified atom stereocenters. The highest BCUT2D eigenvalue weighted by Crippen LogP contribution is 2.20. The molecule has 0 amide bonds. The minimum atomic E-state index is -0.117. The molecule has 1 saturated heterocycles. The Balaban J connectivity index is 1.93. The van der Waals surface area contributed by atoms with Crippen LogP contribution in [0, 0.1) is 5.92 Å². The van der Waals surface area contributed by atoms with Crippen molar-refractivity contribution >= 4 is 11.6 Å². The second-order valence-electron chi connectivity index (χ2n) is 3.95. The van der Waals surface area contributed by atoms with Gasteiger partial charge in [-0.2, -0.15) is 0 Å². The van der Waals surface area contributed by atoms with Gasteiger partial charge < -0.3 is 15.2 Å². The van der Waals surface area contributed by atoms with Gasteiger partial charge in [0, 0.05) is 18.0 Å². The van der Waals surface area contributed by atoms with E-state index in [0.29, 0.717) is 29.0 Å². The van der Waals surface area contributed by atoms with Crippen LogP contribution in [-0.4, -0.2) is 29.8 Å². The summed E-state index contributed by atoms with van der Waals surface area (Å²) in [6.07, 6.45) is 2.73. The molecule has 1 atom stereocenters. The molecule has 4 nitrogen and oxygen atoms in total. The fourth-order valence-electron chi connectivity index (χ4n) is 1.73. The Morgan fingerprint density at radius 3 is 3.19 bits per heavy atom. The number of hydrogen-bond acceptors (Lipinski definition) is 4. The van der Waals surface area contributed by atoms with Crippen molar-refractivity contribution in [2.45, 2.75) is 13.0 Å². The molecule has 2 N–H and O–H groups in total. The van der Waals surface area contributed by atoms with Gasteiger partial charge in [-0.25, -0.2) is 4.98 Å². The van der Waals surface area contributed by atoms with Gasteiger partial charge in [-0.15, -0.1) is 0 Å². The molecule has 2 heterocycles. The van der Waals surface area contributed by atoms with Crippen LogP contribution in [0.15, 0.2) is 12.3 Å². The normalized spacial score (nSPS) is 20.0. The van der Waals surface area contributed by atoms with Gasteiger partial charge in [-0.1, -0.05) is 11.6 Å². The molecule has 5 heteroatoms. The molecule has 0 aliphatic carbocycles. The average molecular weight is 243 g/mol. The number of ether oxygens (including phenoxy) is 1. The Bertz CT molecular complexity index is 354. The summed E-state index contributed by atoms with van der Waals surface area (Å²) in [5.41, 5.74) is 0.601. The van der Waals surface area contributed by atoms with E-state index in [4.69, 9.17) is 21.4 Å². The van der Waals surface area contributed by atoms with E-state index in [-0.39, 0.29) is 6.61 Å². The zero-order chi connectivity index (χ0) is 11.4. The number of nitrogens with one attached hydrogen (secondary N) is 1. The lowest BCUT2D eigenvalue weighted by Crippen LogP contribution is -2.15. The van der Waals surface area contributed by atoms with Crippen LogP contribution in [0.25, 0.3) is 0 Å². The Labute approximate surface area is 99.6 Å². The number of aliphatic hydroxyl groups excluding tert-OH is 1. The number of halogens is 1. The molecule has 16 heavy (non-hydrogen) atoms. The van der Waals surface area contributed by atoms with Crippen LogP contribution in [0.5, 0.6) is 5.75 Å². The van der Waals surface area contributed by atoms with Crippen molar-refractivity contribution in [1.82, 2.24) is 10.3 Å². The molecule has 1 aromatic rings. The predicted octanol–water partition coefficient (Wildman–Crippen LogP) is 1.22. The highest BCUT2D eigenvalue weighted by molar-refractivity contribution is 6.30. The van der Waals surface area contributed by atoms with Crippen molar-refractivity contribution in [1.29, 1.82) is 0 Å². The van der Waals surface area contributed by atoms with E-state index in [1.165, 1.54) is 0 Å². The monoisotopic (exact) mass is 242 g/mol. The topological polar surface area (TPSA) is 54.4 Å². The van der Waals surface area contributed by atoms with Gasteiger partial charge in [0.25, 0.3) is 0 Å². The summed E-state index contributed by atoms with van der Waals surface area (Å²) < 4.78 is 5.62. The fraction of sp³-hybridized carbons (Fsp3) is 0.545. The van der Waals surface area contributed by atoms with Crippen molar-refractivity contribution < 1.29 is 9.84 Å². The summed E-state index contributed by atoms with van der Waals surface area (Å²) in [5.74, 6) is 1.23. The maximum Gasteiger partial charge on any atom is 0.138 e. The van der Waals surface area contributed by atoms with Crippen LogP contribution in [0.1, 0.15) is 12.0 Å². The summed E-state index contributed by atoms with van der Waals surface area (Å²) >= 11 is 5.79. The van der Waals surface area contributed by atoms with Crippen molar-refractivity contribution in [3.63, 3.8) is 0 Å². The third-order valence-corrected chi connectivity index (χ3v) is 3.05. The lowest BCUT2D eigenvalue weighted by atomic mass is 10.1. The van der Waals surface area contributed by atoms with Crippen molar-refractivity contribution in [2.24, 2.45) is 5.92 Å². The molecule has 1 aliphatic rings. The number of rotatable bonds is 4. The average Bonchev–Trinajstić information content (AvgIpc) is 2.81. The zero-order valence-electron chi connectivity index (χ0n) is 8.95. The van der Waals surface area contributed by atoms with Gasteiger partial charge in [0.1, 0.15) is 10.9 Å². The molecule has 0 bridgehead atoms. The summed E-state index contributed by atoms with van der Waals surface area (Å²) in [6, 6.07) is 1.73. The first kappa shape index (κ1) is 11.6. The van der Waals surface area contributed by atoms with Gasteiger partial charge in [0.2, 0.25) is 0 Å². The minimum Gasteiger partial charge on any atom is -0.492 e. The Hall–Kier alpha value is -0.840. The molecule has 0 spiro atoms. The van der Waals surface area contributed by atoms with E-state index in [2.05, 4.69) is 10.3 Å². The van der Waals surface area contributed by atoms with Crippen molar-refractivity contribution in [2.75, 3.05) is 19.7 Å². The first-order chi connectivity index (χ1) is 7.79. The van der Waals surface area contributed by atoms with Crippen molar-refractivity contribution in [3.05, 3.63) is 23.0 Å². The van der Waals surface area contributed by atoms with Gasteiger partial charge in [-0.3, -0.25) is 0 Å². The molecule has 2 rings (SSSR count). The largest absolute Gasteiger partial charge is 0.492 e. The molecular weight excluding hydrogens is 228 g/mol. The van der Waals surface area contributed by atoms with Gasteiger partial charge >= 0.3 is 0 Å². The molecule has 1 aliphatic heterocycles. The van der Waals surface area contributed by atoms with Gasteiger partial charge in [0.15, 0.2) is 0 Å². The van der Waals surface area contributed by atoms with E-state index in [1.54, 1.807) is 12.3 Å². The molecule has 1 fully saturated rings. The Morgan fingerprint density at radius 1 is 1.62 bits per heavy atom. The summed E-state index contributed by atoms with van der Waals surface area (Å²) in [6.45, 7) is 2.64. The highest BCUT2D eigenvalue weighted by Gasteiger charge is 2.15. The van der Waals surface area contributed by atoms with Crippen LogP contribution in [-0.2, 0) is 6.61 Å². The number of hydrogen-bond donors (Lipinski definition) is 2. The maximum absolute atomic E-state index is 9.03. The summed E-state index contributed by atoms with van der Waals surface area (Å²) in [5, 5.41) is 12.6. The summed E-state index contributed by atoms with van der Waals surface area (Å²) in [7, 11) is 0. The molecule has 0 aromatic carbocycles. The lowest BCUT2D eigenvalue weighted by Gasteiger charge is -2.11. The fourth-order valence-corrected chi connectivity index (χ4v) is 1.90. The zero-order valence-corrected chi connectivity index (χ0v) is 9.70. The van der Waals surface area contributed by atoms with E-state index < -0.39 is 0 Å². The predicted molar refractivity (Wildman–Crippen MR) is 61.6 cm³/mol. The smallest absolute Gasteiger partial charge is 0.138 e. The molecule has 0 radical (unpaired) electrons. The molecule has 1 aromatic heterocycles. The van der Waals surface area contributed by atoms with Crippen LogP contribution in [0.2, 0.25) is 5.15 Å². The molecular formula is C11H15ClN2O2. The molecule has 0 saturated carbocycles. The highest BCUT2D eigenvalue weighted by atomic mass is 35.5. The first-order valence-electron chi connectivity index (χ1n) is 5.38. The first-order valence-corrected chi connectivity index (χ1v) is 5.76. The standard InChI is InChI=1S/C11H15ClN2O2/c12-11-9(6-15)3-10(5-14-11)16-7-8-1-2-13-4-8/h3,5,8,13,15H,1-2,4,6-7H2/t8-/m0/s1. The third kappa shape index (κ3) is 2.84. The maximum atomic E-state index is 9.03. The Morgan fingerprint density at radius 2 is 2.50 bits per heavy atom. The number of pyridine rings is 1. The van der Waals surface area contributed by atoms with E-state index in [0.717, 1.165) is 19.5 Å². The van der Waals surface area contributed by atoms with Crippen LogP contribution in [0.4, 0.5) is 0 Å². The van der Waals surface area contributed by atoms with Crippen LogP contribution < -0.4 is 10.1 Å². The van der Waals surface area contributed by atoms with E-state index in [9.17, 15) is 0 Å². The second kappa shape index (κ2) is 5.48. The third-order valence-electron chi connectivity index (χ3n) is 2.71. The van der Waals surface area contributed by atoms with Gasteiger partial charge in [-0.05, 0) is 19.0 Å². The van der Waals surface area contributed by atoms with E-state index in [1.807, 2.05) is 0 Å². The quantitative estimate of drug-likeness (QED) is 0.780. The van der Waals surface area contributed by atoms with Gasteiger partial charge in [0.05, 0.1) is 19.4 Å². The van der Waals surface area contributed by atoms with Crippen molar-refractivity contribution in [3.8, 4) is 5.75 Å². The number of aromatic nitrogens is 1. The molecule has 88 valence electrons. The van der Waals surface area contributed by atoms with Crippen LogP contribution >= 0.6 is 11.6 Å². The lowest BCUT2D eigenvalue weighted by molar-refractivity contribution is 0.255. The summed E-state index contributed by atoms with van der Waals surface area (Å²) in [4.78, 5) is 3.96. The Kier molecular flexibility index (Phi) is 3.98. The number of nitrogens with zero attached hydrogens (tertiary/aromatic N) is 1. The number of aliphatic hydroxyl groups is 1. The minimum absolute atomic E-state index is 0.117. The SMILES string of the molecule is OCc1cc(OC[C@H]2CCNC2)cnc1Cl. The van der Waals surface area contributed by atoms with Crippen LogP contribution in [0.3, 0.4) is 0 Å². The second-order valence-corrected chi connectivity index (χ2v) is 4.31. The van der Waals surface area contributed by atoms with E-state index >= 15 is 0 Å².